The lowest BCUT2D eigenvalue weighted by atomic mass is 10.1. The molecular formula is C25H25N5O2. The molecule has 162 valence electrons. The molecule has 1 saturated heterocycles. The van der Waals surface area contributed by atoms with Crippen molar-refractivity contribution in [3.05, 3.63) is 66.1 Å². The highest BCUT2D eigenvalue weighted by molar-refractivity contribution is 5.89. The Morgan fingerprint density at radius 2 is 1.88 bits per heavy atom. The van der Waals surface area contributed by atoms with Gasteiger partial charge in [0.1, 0.15) is 5.75 Å². The first-order chi connectivity index (χ1) is 15.6. The summed E-state index contributed by atoms with van der Waals surface area (Å²) in [4.78, 5) is 29.0. The minimum atomic E-state index is 0.148. The SMILES string of the molecule is CC(=O)N1CCN(Cc2cc3cc(Oc4ccc(C5=CC=NC5)cn4)ccc3cn2)CC1. The fourth-order valence-electron chi connectivity index (χ4n) is 4.05. The average molecular weight is 428 g/mol. The molecule has 0 saturated carbocycles. The van der Waals surface area contributed by atoms with Gasteiger partial charge in [-0.3, -0.25) is 19.7 Å². The number of benzene rings is 1. The standard InChI is InChI=1S/C25H25N5O2/c1-18(31)30-10-8-29(9-11-30)17-23-12-22-13-24(4-2-20(22)15-27-23)32-25-5-3-19(16-28-25)21-6-7-26-14-21/h2-7,12-13,15-16H,8-11,14,17H2,1H3. The van der Waals surface area contributed by atoms with E-state index in [-0.39, 0.29) is 5.91 Å². The van der Waals surface area contributed by atoms with Gasteiger partial charge >= 0.3 is 0 Å². The maximum absolute atomic E-state index is 11.5. The average Bonchev–Trinajstić information content (AvgIpc) is 3.35. The first-order valence-corrected chi connectivity index (χ1v) is 10.8. The van der Waals surface area contributed by atoms with Crippen LogP contribution in [0, 0.1) is 0 Å². The van der Waals surface area contributed by atoms with Gasteiger partial charge in [-0.25, -0.2) is 4.98 Å². The predicted molar refractivity (Wildman–Crippen MR) is 125 cm³/mol. The minimum Gasteiger partial charge on any atom is -0.439 e. The maximum Gasteiger partial charge on any atom is 0.219 e. The molecule has 0 atom stereocenters. The molecule has 0 bridgehead atoms. The van der Waals surface area contributed by atoms with Crippen LogP contribution in [0.2, 0.25) is 0 Å². The van der Waals surface area contributed by atoms with E-state index in [1.54, 1.807) is 6.92 Å². The van der Waals surface area contributed by atoms with E-state index in [0.29, 0.717) is 12.4 Å². The van der Waals surface area contributed by atoms with Gasteiger partial charge in [-0.2, -0.15) is 0 Å². The van der Waals surface area contributed by atoms with E-state index in [0.717, 1.165) is 66.1 Å². The Hall–Kier alpha value is -3.58. The summed E-state index contributed by atoms with van der Waals surface area (Å²) in [5.74, 6) is 1.45. The molecule has 1 fully saturated rings. The molecule has 5 rings (SSSR count). The van der Waals surface area contributed by atoms with Crippen LogP contribution >= 0.6 is 0 Å². The zero-order valence-corrected chi connectivity index (χ0v) is 18.1. The first-order valence-electron chi connectivity index (χ1n) is 10.8. The van der Waals surface area contributed by atoms with Crippen LogP contribution in [0.15, 0.2) is 59.9 Å². The smallest absolute Gasteiger partial charge is 0.219 e. The monoisotopic (exact) mass is 427 g/mol. The summed E-state index contributed by atoms with van der Waals surface area (Å²) in [6.45, 7) is 6.39. The van der Waals surface area contributed by atoms with Gasteiger partial charge in [0.05, 0.1) is 12.2 Å². The van der Waals surface area contributed by atoms with E-state index in [4.69, 9.17) is 4.74 Å². The number of fused-ring (bicyclic) bond motifs is 1. The van der Waals surface area contributed by atoms with Gasteiger partial charge < -0.3 is 9.64 Å². The highest BCUT2D eigenvalue weighted by atomic mass is 16.5. The van der Waals surface area contributed by atoms with Crippen LogP contribution in [-0.4, -0.2) is 64.6 Å². The number of piperazine rings is 1. The molecule has 1 aromatic carbocycles. The Balaban J connectivity index is 1.26. The zero-order valence-electron chi connectivity index (χ0n) is 18.1. The van der Waals surface area contributed by atoms with Gasteiger partial charge in [0.25, 0.3) is 0 Å². The van der Waals surface area contributed by atoms with Crippen LogP contribution in [0.25, 0.3) is 16.3 Å². The third kappa shape index (κ3) is 4.53. The van der Waals surface area contributed by atoms with E-state index in [9.17, 15) is 4.79 Å². The second kappa shape index (κ2) is 8.88. The summed E-state index contributed by atoms with van der Waals surface area (Å²) in [5, 5.41) is 2.15. The number of amides is 1. The topological polar surface area (TPSA) is 70.9 Å². The Bertz CT molecular complexity index is 1190. The largest absolute Gasteiger partial charge is 0.439 e. The van der Waals surface area contributed by atoms with Crippen molar-refractivity contribution in [1.29, 1.82) is 0 Å². The summed E-state index contributed by atoms with van der Waals surface area (Å²) in [6.07, 6.45) is 7.56. The van der Waals surface area contributed by atoms with E-state index in [1.165, 1.54) is 0 Å². The van der Waals surface area contributed by atoms with Crippen LogP contribution < -0.4 is 4.74 Å². The molecular weight excluding hydrogens is 402 g/mol. The summed E-state index contributed by atoms with van der Waals surface area (Å²) in [5.41, 5.74) is 3.24. The predicted octanol–water partition coefficient (Wildman–Crippen LogP) is 3.55. The Morgan fingerprint density at radius 1 is 1.00 bits per heavy atom. The van der Waals surface area contributed by atoms with E-state index in [2.05, 4.69) is 25.9 Å². The Morgan fingerprint density at radius 3 is 2.59 bits per heavy atom. The van der Waals surface area contributed by atoms with Crippen LogP contribution in [0.4, 0.5) is 0 Å². The second-order valence-corrected chi connectivity index (χ2v) is 8.14. The number of hydrogen-bond acceptors (Lipinski definition) is 6. The van der Waals surface area contributed by atoms with Crippen LogP contribution in [0.1, 0.15) is 18.2 Å². The lowest BCUT2D eigenvalue weighted by Crippen LogP contribution is -2.47. The molecule has 32 heavy (non-hydrogen) atoms. The van der Waals surface area contributed by atoms with Crippen molar-refractivity contribution in [2.45, 2.75) is 13.5 Å². The zero-order chi connectivity index (χ0) is 21.9. The number of hydrogen-bond donors (Lipinski definition) is 0. The van der Waals surface area contributed by atoms with Crippen molar-refractivity contribution in [3.8, 4) is 11.6 Å². The number of allylic oxidation sites excluding steroid dienone is 1. The third-order valence-corrected chi connectivity index (χ3v) is 5.93. The molecule has 7 nitrogen and oxygen atoms in total. The van der Waals surface area contributed by atoms with Crippen LogP contribution in [-0.2, 0) is 11.3 Å². The molecule has 7 heteroatoms. The lowest BCUT2D eigenvalue weighted by molar-refractivity contribution is -0.130. The lowest BCUT2D eigenvalue weighted by Gasteiger charge is -2.33. The minimum absolute atomic E-state index is 0.148. The van der Waals surface area contributed by atoms with E-state index >= 15 is 0 Å². The van der Waals surface area contributed by atoms with Gasteiger partial charge in [0.15, 0.2) is 0 Å². The van der Waals surface area contributed by atoms with Crippen molar-refractivity contribution >= 4 is 28.5 Å². The quantitative estimate of drug-likeness (QED) is 0.623. The van der Waals surface area contributed by atoms with Crippen molar-refractivity contribution in [2.24, 2.45) is 4.99 Å². The number of aliphatic imine (C=N–C) groups is 1. The Kier molecular flexibility index (Phi) is 5.64. The normalized spacial score (nSPS) is 16.4. The Labute approximate surface area is 187 Å². The molecule has 2 aliphatic heterocycles. The first kappa shape index (κ1) is 20.3. The number of pyridine rings is 2. The van der Waals surface area contributed by atoms with Gasteiger partial charge in [0.2, 0.25) is 11.8 Å². The number of aromatic nitrogens is 2. The van der Waals surface area contributed by atoms with Crippen molar-refractivity contribution < 1.29 is 9.53 Å². The number of carbonyl (C=O) groups excluding carboxylic acids is 1. The van der Waals surface area contributed by atoms with Gasteiger partial charge in [-0.15, -0.1) is 0 Å². The molecule has 0 spiro atoms. The van der Waals surface area contributed by atoms with Gasteiger partial charge in [-0.05, 0) is 52.9 Å². The number of carbonyl (C=O) groups is 1. The van der Waals surface area contributed by atoms with Crippen LogP contribution in [0.3, 0.4) is 0 Å². The highest BCUT2D eigenvalue weighted by Gasteiger charge is 2.19. The number of ether oxygens (including phenoxy) is 1. The fraction of sp³-hybridized carbons (Fsp3) is 0.280. The third-order valence-electron chi connectivity index (χ3n) is 5.93. The van der Waals surface area contributed by atoms with Crippen molar-refractivity contribution in [2.75, 3.05) is 32.7 Å². The maximum atomic E-state index is 11.5. The molecule has 4 heterocycles. The van der Waals surface area contributed by atoms with Crippen LogP contribution in [0.5, 0.6) is 11.6 Å². The molecule has 1 amide bonds. The number of nitrogens with zero attached hydrogens (tertiary/aromatic N) is 5. The molecule has 0 N–H and O–H groups in total. The molecule has 0 radical (unpaired) electrons. The molecule has 0 unspecified atom stereocenters. The van der Waals surface area contributed by atoms with E-state index < -0.39 is 0 Å². The summed E-state index contributed by atoms with van der Waals surface area (Å²) < 4.78 is 6.00. The van der Waals surface area contributed by atoms with E-state index in [1.807, 2.05) is 59.9 Å². The molecule has 2 aliphatic rings. The highest BCUT2D eigenvalue weighted by Crippen LogP contribution is 2.26. The van der Waals surface area contributed by atoms with Crippen molar-refractivity contribution in [3.63, 3.8) is 0 Å². The molecule has 3 aromatic rings. The van der Waals surface area contributed by atoms with Crippen molar-refractivity contribution in [1.82, 2.24) is 19.8 Å². The number of rotatable bonds is 5. The van der Waals surface area contributed by atoms with Gasteiger partial charge in [0, 0.05) is 69.7 Å². The molecule has 2 aromatic heterocycles. The van der Waals surface area contributed by atoms with Gasteiger partial charge in [-0.1, -0.05) is 0 Å². The summed E-state index contributed by atoms with van der Waals surface area (Å²) in [6, 6.07) is 12.0. The summed E-state index contributed by atoms with van der Waals surface area (Å²) >= 11 is 0. The fourth-order valence-corrected chi connectivity index (χ4v) is 4.05. The summed E-state index contributed by atoms with van der Waals surface area (Å²) in [7, 11) is 0. The molecule has 0 aliphatic carbocycles. The second-order valence-electron chi connectivity index (χ2n) is 8.14.